The molecule has 0 amide bonds. The largest absolute Gasteiger partial charge is 0.493 e. The third-order valence-corrected chi connectivity index (χ3v) is 3.98. The zero-order chi connectivity index (χ0) is 14.5. The van der Waals surface area contributed by atoms with E-state index in [0.717, 1.165) is 5.56 Å². The normalized spacial score (nSPS) is 11.3. The van der Waals surface area contributed by atoms with E-state index in [9.17, 15) is 13.2 Å². The molecule has 0 saturated carbocycles. The number of benzene rings is 1. The maximum atomic E-state index is 11.7. The van der Waals surface area contributed by atoms with Crippen LogP contribution in [0, 0.1) is 0 Å². The van der Waals surface area contributed by atoms with E-state index in [1.54, 1.807) is 6.07 Å². The van der Waals surface area contributed by atoms with Crippen molar-refractivity contribution in [3.05, 3.63) is 23.8 Å². The predicted octanol–water partition coefficient (Wildman–Crippen LogP) is 1.01. The fourth-order valence-electron chi connectivity index (χ4n) is 1.51. The van der Waals surface area contributed by atoms with Gasteiger partial charge in [-0.15, -0.1) is 0 Å². The van der Waals surface area contributed by atoms with E-state index in [1.165, 1.54) is 19.2 Å². The number of sulfonamides is 1. The van der Waals surface area contributed by atoms with Crippen LogP contribution < -0.4 is 9.46 Å². The van der Waals surface area contributed by atoms with Crippen molar-refractivity contribution in [2.75, 3.05) is 13.7 Å². The summed E-state index contributed by atoms with van der Waals surface area (Å²) in [7, 11) is -2.14. The maximum absolute atomic E-state index is 11.7. The molecular weight excluding hydrogens is 270 g/mol. The topological polar surface area (TPSA) is 92.7 Å². The number of carboxylic acid groups (broad SMARTS) is 1. The summed E-state index contributed by atoms with van der Waals surface area (Å²) in [6.07, 6.45) is 0.495. The molecule has 0 heterocycles. The predicted molar refractivity (Wildman–Crippen MR) is 69.8 cm³/mol. The van der Waals surface area contributed by atoms with Gasteiger partial charge in [0.25, 0.3) is 0 Å². The van der Waals surface area contributed by atoms with Crippen LogP contribution in [0.1, 0.15) is 18.9 Å². The lowest BCUT2D eigenvalue weighted by atomic mass is 10.1. The monoisotopic (exact) mass is 287 g/mol. The van der Waals surface area contributed by atoms with E-state index < -0.39 is 16.0 Å². The molecule has 6 nitrogen and oxygen atoms in total. The second-order valence-corrected chi connectivity index (χ2v) is 5.71. The van der Waals surface area contributed by atoms with Crippen LogP contribution in [0.5, 0.6) is 5.75 Å². The lowest BCUT2D eigenvalue weighted by Gasteiger charge is -2.11. The maximum Gasteiger partial charge on any atom is 0.306 e. The van der Waals surface area contributed by atoms with Gasteiger partial charge < -0.3 is 9.84 Å². The lowest BCUT2D eigenvalue weighted by Crippen LogP contribution is -2.18. The number of carbonyl (C=O) groups is 1. The van der Waals surface area contributed by atoms with Gasteiger partial charge in [0.2, 0.25) is 10.0 Å². The summed E-state index contributed by atoms with van der Waals surface area (Å²) in [6.45, 7) is 1.93. The molecule has 0 unspecified atom stereocenters. The molecule has 0 aliphatic carbocycles. The molecule has 0 bridgehead atoms. The number of hydrogen-bond donors (Lipinski definition) is 2. The minimum atomic E-state index is -3.48. The van der Waals surface area contributed by atoms with E-state index in [2.05, 4.69) is 4.72 Å². The molecule has 7 heteroatoms. The Bertz CT molecular complexity index is 553. The zero-order valence-electron chi connectivity index (χ0n) is 10.8. The Hall–Kier alpha value is -1.60. The molecular formula is C12H17NO5S. The van der Waals surface area contributed by atoms with Crippen LogP contribution in [-0.4, -0.2) is 33.1 Å². The summed E-state index contributed by atoms with van der Waals surface area (Å²) in [4.78, 5) is 10.6. The van der Waals surface area contributed by atoms with Crippen molar-refractivity contribution in [2.45, 2.75) is 24.7 Å². The molecule has 1 aromatic carbocycles. The van der Waals surface area contributed by atoms with E-state index in [1.807, 2.05) is 6.92 Å². The first-order chi connectivity index (χ1) is 8.90. The van der Waals surface area contributed by atoms with Gasteiger partial charge >= 0.3 is 5.97 Å². The summed E-state index contributed by atoms with van der Waals surface area (Å²) in [5.74, 6) is -0.425. The van der Waals surface area contributed by atoms with Crippen molar-refractivity contribution in [3.8, 4) is 5.75 Å². The molecule has 0 aliphatic heterocycles. The summed E-state index contributed by atoms with van der Waals surface area (Å²) in [5, 5.41) is 8.53. The molecule has 0 aromatic heterocycles. The smallest absolute Gasteiger partial charge is 0.306 e. The summed E-state index contributed by atoms with van der Waals surface area (Å²) < 4.78 is 30.9. The zero-order valence-corrected chi connectivity index (χ0v) is 11.7. The molecule has 0 aliphatic rings. The van der Waals surface area contributed by atoms with E-state index >= 15 is 0 Å². The molecule has 106 valence electrons. The van der Waals surface area contributed by atoms with Gasteiger partial charge in [0.05, 0.1) is 17.9 Å². The van der Waals surface area contributed by atoms with Crippen LogP contribution >= 0.6 is 0 Å². The number of nitrogens with one attached hydrogen (secondary N) is 1. The van der Waals surface area contributed by atoms with Gasteiger partial charge in [0.15, 0.2) is 0 Å². The molecule has 0 fully saturated rings. The SMILES string of the molecule is CCc1cc(S(=O)(=O)NC)ccc1OCCC(=O)O. The highest BCUT2D eigenvalue weighted by Gasteiger charge is 2.14. The first kappa shape index (κ1) is 15.5. The van der Waals surface area contributed by atoms with Crippen LogP contribution in [0.2, 0.25) is 0 Å². The van der Waals surface area contributed by atoms with E-state index in [4.69, 9.17) is 9.84 Å². The molecule has 0 atom stereocenters. The number of ether oxygens (including phenoxy) is 1. The van der Waals surface area contributed by atoms with Crippen molar-refractivity contribution in [1.82, 2.24) is 4.72 Å². The fraction of sp³-hybridized carbons (Fsp3) is 0.417. The molecule has 0 spiro atoms. The molecule has 19 heavy (non-hydrogen) atoms. The highest BCUT2D eigenvalue weighted by Crippen LogP contribution is 2.23. The Morgan fingerprint density at radius 1 is 1.42 bits per heavy atom. The highest BCUT2D eigenvalue weighted by atomic mass is 32.2. The van der Waals surface area contributed by atoms with Gasteiger partial charge in [-0.05, 0) is 37.2 Å². The molecule has 0 saturated heterocycles. The third kappa shape index (κ3) is 4.22. The van der Waals surface area contributed by atoms with Crippen LogP contribution in [-0.2, 0) is 21.2 Å². The van der Waals surface area contributed by atoms with Gasteiger partial charge in [-0.25, -0.2) is 13.1 Å². The highest BCUT2D eigenvalue weighted by molar-refractivity contribution is 7.89. The fourth-order valence-corrected chi connectivity index (χ4v) is 2.29. The number of rotatable bonds is 7. The average molecular weight is 287 g/mol. The van der Waals surface area contributed by atoms with Crippen molar-refractivity contribution >= 4 is 16.0 Å². The first-order valence-electron chi connectivity index (χ1n) is 5.81. The van der Waals surface area contributed by atoms with Crippen LogP contribution in [0.25, 0.3) is 0 Å². The molecule has 0 radical (unpaired) electrons. The van der Waals surface area contributed by atoms with Gasteiger partial charge in [-0.2, -0.15) is 0 Å². The lowest BCUT2D eigenvalue weighted by molar-refractivity contribution is -0.137. The molecule has 1 aromatic rings. The number of aliphatic carboxylic acids is 1. The van der Waals surface area contributed by atoms with Gasteiger partial charge in [-0.1, -0.05) is 6.92 Å². The first-order valence-corrected chi connectivity index (χ1v) is 7.30. The number of hydrogen-bond acceptors (Lipinski definition) is 4. The summed E-state index contributed by atoms with van der Waals surface area (Å²) >= 11 is 0. The Morgan fingerprint density at radius 3 is 2.63 bits per heavy atom. The Kier molecular flexibility index (Phi) is 5.31. The van der Waals surface area contributed by atoms with Gasteiger partial charge in [0, 0.05) is 0 Å². The number of carboxylic acids is 1. The second-order valence-electron chi connectivity index (χ2n) is 3.82. The minimum absolute atomic E-state index is 0.0560. The Morgan fingerprint density at radius 2 is 2.11 bits per heavy atom. The van der Waals surface area contributed by atoms with Crippen molar-refractivity contribution in [1.29, 1.82) is 0 Å². The van der Waals surface area contributed by atoms with Gasteiger partial charge in [0.1, 0.15) is 5.75 Å². The van der Waals surface area contributed by atoms with Crippen molar-refractivity contribution in [2.24, 2.45) is 0 Å². The molecule has 1 rings (SSSR count). The second kappa shape index (κ2) is 6.53. The van der Waals surface area contributed by atoms with Gasteiger partial charge in [-0.3, -0.25) is 4.79 Å². The Balaban J connectivity index is 2.94. The Labute approximate surface area is 112 Å². The molecule has 2 N–H and O–H groups in total. The average Bonchev–Trinajstić information content (AvgIpc) is 2.38. The summed E-state index contributed by atoms with van der Waals surface area (Å²) in [6, 6.07) is 4.51. The van der Waals surface area contributed by atoms with Crippen molar-refractivity contribution in [3.63, 3.8) is 0 Å². The van der Waals surface area contributed by atoms with E-state index in [-0.39, 0.29) is 17.9 Å². The standard InChI is InChI=1S/C12H17NO5S/c1-3-9-8-10(19(16,17)13-2)4-5-11(9)18-7-6-12(14)15/h4-5,8,13H,3,6-7H2,1-2H3,(H,14,15). The third-order valence-electron chi connectivity index (χ3n) is 2.57. The van der Waals surface area contributed by atoms with E-state index in [0.29, 0.717) is 12.2 Å². The number of aryl methyl sites for hydroxylation is 1. The van der Waals surface area contributed by atoms with Crippen LogP contribution in [0.15, 0.2) is 23.1 Å². The summed E-state index contributed by atoms with van der Waals surface area (Å²) in [5.41, 5.74) is 0.724. The van der Waals surface area contributed by atoms with Crippen molar-refractivity contribution < 1.29 is 23.1 Å². The van der Waals surface area contributed by atoms with Crippen LogP contribution in [0.4, 0.5) is 0 Å². The minimum Gasteiger partial charge on any atom is -0.493 e. The quantitative estimate of drug-likeness (QED) is 0.780. The van der Waals surface area contributed by atoms with Crippen LogP contribution in [0.3, 0.4) is 0 Å².